The molecular weight excluding hydrogens is 514 g/mol. The van der Waals surface area contributed by atoms with E-state index < -0.39 is 0 Å². The van der Waals surface area contributed by atoms with E-state index in [-0.39, 0.29) is 47.3 Å². The van der Waals surface area contributed by atoms with Gasteiger partial charge in [0.05, 0.1) is 22.4 Å². The SMILES string of the molecule is C=CC(=O)N1CC[C@@H](NC(=O)C2=C3NC(=O)N(c4ccc(OC5CCCCC5)cc4C)C4CCNC(S2)C34)C1. The molecule has 0 radical (unpaired) electrons. The van der Waals surface area contributed by atoms with Crippen LogP contribution in [0.25, 0.3) is 0 Å². The van der Waals surface area contributed by atoms with E-state index in [9.17, 15) is 14.4 Å². The number of amides is 4. The molecule has 3 saturated heterocycles. The maximum Gasteiger partial charge on any atom is 0.326 e. The van der Waals surface area contributed by atoms with Gasteiger partial charge in [0.25, 0.3) is 5.91 Å². The maximum absolute atomic E-state index is 13.6. The number of nitrogens with zero attached hydrogens (tertiary/aromatic N) is 2. The fraction of sp³-hybridized carbons (Fsp3) is 0.552. The third kappa shape index (κ3) is 5.04. The highest BCUT2D eigenvalue weighted by Crippen LogP contribution is 2.48. The lowest BCUT2D eigenvalue weighted by Gasteiger charge is -2.46. The summed E-state index contributed by atoms with van der Waals surface area (Å²) in [7, 11) is 0. The van der Waals surface area contributed by atoms with Crippen molar-refractivity contribution in [1.82, 2.24) is 20.9 Å². The molecule has 0 aromatic heterocycles. The summed E-state index contributed by atoms with van der Waals surface area (Å²) in [6, 6.07) is 5.67. The van der Waals surface area contributed by atoms with Gasteiger partial charge in [-0.3, -0.25) is 14.5 Å². The number of hydrogen-bond acceptors (Lipinski definition) is 6. The number of hydrogen-bond donors (Lipinski definition) is 3. The smallest absolute Gasteiger partial charge is 0.326 e. The van der Waals surface area contributed by atoms with E-state index in [0.717, 1.165) is 42.8 Å². The normalized spacial score (nSPS) is 28.7. The van der Waals surface area contributed by atoms with Crippen molar-refractivity contribution in [2.45, 2.75) is 75.4 Å². The minimum atomic E-state index is -0.202. The van der Waals surface area contributed by atoms with Crippen molar-refractivity contribution in [2.24, 2.45) is 5.92 Å². The molecule has 0 bridgehead atoms. The van der Waals surface area contributed by atoms with E-state index in [1.54, 1.807) is 4.90 Å². The van der Waals surface area contributed by atoms with Gasteiger partial charge in [-0.25, -0.2) is 4.79 Å². The Balaban J connectivity index is 1.19. The average Bonchev–Trinajstić information content (AvgIpc) is 3.55. The Morgan fingerprint density at radius 1 is 1.18 bits per heavy atom. The first-order valence-corrected chi connectivity index (χ1v) is 15.0. The van der Waals surface area contributed by atoms with Gasteiger partial charge in [-0.15, -0.1) is 0 Å². The first-order chi connectivity index (χ1) is 18.9. The Labute approximate surface area is 233 Å². The predicted molar refractivity (Wildman–Crippen MR) is 151 cm³/mol. The molecule has 4 heterocycles. The van der Waals surface area contributed by atoms with Crippen LogP contribution in [0.2, 0.25) is 0 Å². The van der Waals surface area contributed by atoms with Crippen LogP contribution in [-0.2, 0) is 9.59 Å². The summed E-state index contributed by atoms with van der Waals surface area (Å²) in [6.07, 6.45) is 9.00. The van der Waals surface area contributed by atoms with Gasteiger partial charge >= 0.3 is 6.03 Å². The van der Waals surface area contributed by atoms with Crippen LogP contribution in [0, 0.1) is 12.8 Å². The summed E-state index contributed by atoms with van der Waals surface area (Å²) in [5.41, 5.74) is 2.60. The van der Waals surface area contributed by atoms with Crippen LogP contribution >= 0.6 is 11.8 Å². The molecule has 39 heavy (non-hydrogen) atoms. The molecule has 6 rings (SSSR count). The van der Waals surface area contributed by atoms with Crippen LogP contribution in [-0.4, -0.2) is 65.9 Å². The molecule has 1 aromatic carbocycles. The Hall–Kier alpha value is -2.98. The van der Waals surface area contributed by atoms with Gasteiger partial charge in [0, 0.05) is 36.4 Å². The van der Waals surface area contributed by atoms with Crippen molar-refractivity contribution in [2.75, 3.05) is 24.5 Å². The molecule has 3 N–H and O–H groups in total. The molecule has 10 heteroatoms. The second-order valence-electron chi connectivity index (χ2n) is 11.2. The van der Waals surface area contributed by atoms with E-state index in [4.69, 9.17) is 4.74 Å². The highest BCUT2D eigenvalue weighted by molar-refractivity contribution is 8.04. The minimum absolute atomic E-state index is 0.0119. The fourth-order valence-corrected chi connectivity index (χ4v) is 8.11. The summed E-state index contributed by atoms with van der Waals surface area (Å²) in [5.74, 6) is 0.546. The predicted octanol–water partition coefficient (Wildman–Crippen LogP) is 3.40. The van der Waals surface area contributed by atoms with E-state index in [1.165, 1.54) is 37.1 Å². The Kier molecular flexibility index (Phi) is 7.33. The summed E-state index contributed by atoms with van der Waals surface area (Å²) in [6.45, 7) is 7.42. The number of urea groups is 1. The number of benzene rings is 1. The Morgan fingerprint density at radius 2 is 2.00 bits per heavy atom. The van der Waals surface area contributed by atoms with Crippen molar-refractivity contribution in [3.8, 4) is 5.75 Å². The molecule has 0 spiro atoms. The van der Waals surface area contributed by atoms with E-state index >= 15 is 0 Å². The summed E-state index contributed by atoms with van der Waals surface area (Å²) >= 11 is 1.50. The van der Waals surface area contributed by atoms with E-state index in [1.807, 2.05) is 30.0 Å². The molecule has 4 atom stereocenters. The number of thioether (sulfide) groups is 1. The quantitative estimate of drug-likeness (QED) is 0.469. The number of carbonyl (C=O) groups excluding carboxylic acids is 3. The monoisotopic (exact) mass is 551 g/mol. The molecule has 1 aliphatic carbocycles. The molecule has 1 saturated carbocycles. The molecule has 1 aromatic rings. The highest BCUT2D eigenvalue weighted by Gasteiger charge is 2.52. The summed E-state index contributed by atoms with van der Waals surface area (Å²) in [4.78, 5) is 43.1. The first kappa shape index (κ1) is 26.3. The van der Waals surface area contributed by atoms with Gasteiger partial charge in [0.1, 0.15) is 5.75 Å². The lowest BCUT2D eigenvalue weighted by molar-refractivity contribution is -0.125. The number of piperidine rings is 1. The molecule has 4 amide bonds. The van der Waals surface area contributed by atoms with Crippen molar-refractivity contribution < 1.29 is 19.1 Å². The zero-order valence-corrected chi connectivity index (χ0v) is 23.2. The fourth-order valence-electron chi connectivity index (χ4n) is 6.71. The van der Waals surface area contributed by atoms with E-state index in [2.05, 4.69) is 22.5 Å². The van der Waals surface area contributed by atoms with Gasteiger partial charge in [-0.2, -0.15) is 0 Å². The van der Waals surface area contributed by atoms with Crippen molar-refractivity contribution in [3.63, 3.8) is 0 Å². The number of aryl methyl sites for hydroxylation is 1. The van der Waals surface area contributed by atoms with E-state index in [0.29, 0.717) is 30.1 Å². The van der Waals surface area contributed by atoms with Crippen LogP contribution < -0.4 is 25.6 Å². The summed E-state index contributed by atoms with van der Waals surface area (Å²) < 4.78 is 6.27. The minimum Gasteiger partial charge on any atom is -0.490 e. The molecule has 3 unspecified atom stereocenters. The van der Waals surface area contributed by atoms with Crippen LogP contribution in [0.15, 0.2) is 41.5 Å². The van der Waals surface area contributed by atoms with Gasteiger partial charge in [-0.05, 0) is 81.8 Å². The Bertz CT molecular complexity index is 1210. The van der Waals surface area contributed by atoms with Gasteiger partial charge < -0.3 is 25.6 Å². The lowest BCUT2D eigenvalue weighted by Crippen LogP contribution is -2.62. The molecule has 4 fully saturated rings. The first-order valence-electron chi connectivity index (χ1n) is 14.2. The molecular formula is C29H37N5O4S. The number of nitrogens with one attached hydrogen (secondary N) is 3. The lowest BCUT2D eigenvalue weighted by atomic mass is 9.86. The highest BCUT2D eigenvalue weighted by atomic mass is 32.2. The second kappa shape index (κ2) is 10.9. The topological polar surface area (TPSA) is 103 Å². The third-order valence-electron chi connectivity index (χ3n) is 8.64. The maximum atomic E-state index is 13.6. The summed E-state index contributed by atoms with van der Waals surface area (Å²) in [5, 5.41) is 9.75. The van der Waals surface area contributed by atoms with Gasteiger partial charge in [-0.1, -0.05) is 24.8 Å². The molecule has 208 valence electrons. The average molecular weight is 552 g/mol. The van der Waals surface area contributed by atoms with Gasteiger partial charge in [0.2, 0.25) is 5.91 Å². The zero-order valence-electron chi connectivity index (χ0n) is 22.4. The number of likely N-dealkylation sites (tertiary alicyclic amines) is 1. The second-order valence-corrected chi connectivity index (χ2v) is 12.3. The largest absolute Gasteiger partial charge is 0.490 e. The van der Waals surface area contributed by atoms with Crippen molar-refractivity contribution in [3.05, 3.63) is 47.0 Å². The van der Waals surface area contributed by atoms with Crippen LogP contribution in [0.4, 0.5) is 10.5 Å². The van der Waals surface area contributed by atoms with Crippen LogP contribution in [0.5, 0.6) is 5.75 Å². The molecule has 9 nitrogen and oxygen atoms in total. The van der Waals surface area contributed by atoms with Gasteiger partial charge in [0.15, 0.2) is 0 Å². The van der Waals surface area contributed by atoms with Crippen molar-refractivity contribution >= 4 is 35.3 Å². The standard InChI is InChI=1S/C29H37N5O4S/c1-3-23(35)33-14-12-18(16-33)31-27(36)26-25-24-22(11-13-30-28(24)39-26)34(29(37)32-25)21-10-9-20(15-17(21)2)38-19-7-5-4-6-8-19/h3,9-10,15,18-19,22,24,28,30H,1,4-8,11-14,16H2,2H3,(H,31,36)(H,32,37)/t18-,22?,24?,28?/m1/s1. The number of carbonyl (C=O) groups is 3. The molecule has 4 aliphatic heterocycles. The zero-order chi connectivity index (χ0) is 27.1. The van der Waals surface area contributed by atoms with Crippen molar-refractivity contribution in [1.29, 1.82) is 0 Å². The number of ether oxygens (including phenoxy) is 1. The third-order valence-corrected chi connectivity index (χ3v) is 9.99. The Morgan fingerprint density at radius 3 is 2.77 bits per heavy atom. The molecule has 5 aliphatic rings. The van der Waals surface area contributed by atoms with Crippen LogP contribution in [0.1, 0.15) is 50.5 Å². The number of rotatable bonds is 6. The number of anilines is 1. The van der Waals surface area contributed by atoms with Crippen LogP contribution in [0.3, 0.4) is 0 Å².